The molecule has 0 aliphatic rings. The molecule has 0 spiro atoms. The van der Waals surface area contributed by atoms with Crippen LogP contribution in [0.2, 0.25) is 10.2 Å². The lowest BCUT2D eigenvalue weighted by Crippen LogP contribution is -2.09. The second-order valence-electron chi connectivity index (χ2n) is 2.63. The highest BCUT2D eigenvalue weighted by Gasteiger charge is 2.16. The van der Waals surface area contributed by atoms with Gasteiger partial charge in [-0.25, -0.2) is 0 Å². The maximum Gasteiger partial charge on any atom is 0.291 e. The summed E-state index contributed by atoms with van der Waals surface area (Å²) in [7, 11) is 3.52. The van der Waals surface area contributed by atoms with Crippen LogP contribution < -0.4 is 0 Å². The highest BCUT2D eigenvalue weighted by Crippen LogP contribution is 2.28. The van der Waals surface area contributed by atoms with Gasteiger partial charge in [0.05, 0.1) is 6.34 Å². The fourth-order valence-electron chi connectivity index (χ4n) is 0.619. The van der Waals surface area contributed by atoms with Crippen LogP contribution in [0.25, 0.3) is 0 Å². The van der Waals surface area contributed by atoms with Crippen molar-refractivity contribution in [2.45, 2.75) is 0 Å². The predicted molar refractivity (Wildman–Crippen MR) is 58.6 cm³/mol. The van der Waals surface area contributed by atoms with E-state index in [1.165, 1.54) is 6.34 Å². The van der Waals surface area contributed by atoms with Crippen LogP contribution in [0, 0.1) is 0 Å². The van der Waals surface area contributed by atoms with Crippen LogP contribution >= 0.6 is 34.7 Å². The number of nitrogens with zero attached hydrogens (tertiary/aromatic N) is 3. The van der Waals surface area contributed by atoms with Gasteiger partial charge in [0, 0.05) is 14.1 Å². The van der Waals surface area contributed by atoms with Gasteiger partial charge in [-0.15, -0.1) is 0 Å². The third-order valence-electron chi connectivity index (χ3n) is 1.20. The molecule has 1 aromatic rings. The maximum atomic E-state index is 11.4. The predicted octanol–water partition coefficient (Wildman–Crippen LogP) is 2.18. The van der Waals surface area contributed by atoms with Gasteiger partial charge in [-0.2, -0.15) is 9.37 Å². The van der Waals surface area contributed by atoms with Gasteiger partial charge in [0.15, 0.2) is 5.15 Å². The van der Waals surface area contributed by atoms with Crippen LogP contribution in [-0.4, -0.2) is 35.6 Å². The number of aromatic nitrogens is 1. The van der Waals surface area contributed by atoms with E-state index >= 15 is 0 Å². The molecule has 4 nitrogen and oxygen atoms in total. The van der Waals surface area contributed by atoms with Gasteiger partial charge >= 0.3 is 0 Å². The minimum absolute atomic E-state index is 0.139. The van der Waals surface area contributed by atoms with E-state index in [4.69, 9.17) is 23.2 Å². The van der Waals surface area contributed by atoms with Gasteiger partial charge in [-0.3, -0.25) is 4.79 Å². The SMILES string of the molecule is CN(C)C=NC(=O)c1snc(Cl)c1Cl. The lowest BCUT2D eigenvalue weighted by molar-refractivity contribution is 0.101. The van der Waals surface area contributed by atoms with Crippen LogP contribution in [0.1, 0.15) is 9.67 Å². The van der Waals surface area contributed by atoms with Crippen molar-refractivity contribution in [1.29, 1.82) is 0 Å². The number of carbonyl (C=O) groups is 1. The number of halogens is 2. The Labute approximate surface area is 95.3 Å². The molecule has 0 aromatic carbocycles. The Morgan fingerprint density at radius 1 is 1.57 bits per heavy atom. The van der Waals surface area contributed by atoms with Crippen molar-refractivity contribution in [3.05, 3.63) is 15.1 Å². The van der Waals surface area contributed by atoms with Gasteiger partial charge in [-0.05, 0) is 11.5 Å². The molecule has 0 radical (unpaired) electrons. The summed E-state index contributed by atoms with van der Waals surface area (Å²) in [5.41, 5.74) is 0. The Kier molecular flexibility index (Phi) is 3.86. The third kappa shape index (κ3) is 2.67. The second kappa shape index (κ2) is 4.72. The molecule has 7 heteroatoms. The number of hydrogen-bond acceptors (Lipinski definition) is 3. The van der Waals surface area contributed by atoms with Crippen molar-refractivity contribution in [3.8, 4) is 0 Å². The molecule has 0 saturated heterocycles. The maximum absolute atomic E-state index is 11.4. The molecule has 0 atom stereocenters. The monoisotopic (exact) mass is 251 g/mol. The Morgan fingerprint density at radius 3 is 2.64 bits per heavy atom. The minimum Gasteiger partial charge on any atom is -0.369 e. The summed E-state index contributed by atoms with van der Waals surface area (Å²) in [6.07, 6.45) is 1.40. The largest absolute Gasteiger partial charge is 0.369 e. The van der Waals surface area contributed by atoms with Crippen molar-refractivity contribution in [3.63, 3.8) is 0 Å². The molecule has 0 fully saturated rings. The molecule has 1 amide bonds. The van der Waals surface area contributed by atoms with Gasteiger partial charge < -0.3 is 4.90 Å². The Bertz CT molecular complexity index is 375. The number of rotatable bonds is 2. The standard InChI is InChI=1S/C7H7Cl2N3OS/c1-12(2)3-10-7(13)5-4(8)6(9)11-14-5/h3H,1-2H3. The molecule has 0 aliphatic carbocycles. The summed E-state index contributed by atoms with van der Waals surface area (Å²) < 4.78 is 3.73. The van der Waals surface area contributed by atoms with E-state index in [0.29, 0.717) is 0 Å². The van der Waals surface area contributed by atoms with Gasteiger partial charge in [0.25, 0.3) is 5.91 Å². The summed E-state index contributed by atoms with van der Waals surface area (Å²) in [6.45, 7) is 0. The Morgan fingerprint density at radius 2 is 2.21 bits per heavy atom. The van der Waals surface area contributed by atoms with Crippen LogP contribution in [0.15, 0.2) is 4.99 Å². The van der Waals surface area contributed by atoms with Crippen LogP contribution in [0.4, 0.5) is 0 Å². The van der Waals surface area contributed by atoms with Crippen molar-refractivity contribution >= 4 is 47.0 Å². The fraction of sp³-hybridized carbons (Fsp3) is 0.286. The van der Waals surface area contributed by atoms with Gasteiger partial charge in [-0.1, -0.05) is 23.2 Å². The van der Waals surface area contributed by atoms with E-state index in [0.717, 1.165) is 11.5 Å². The van der Waals surface area contributed by atoms with E-state index in [1.54, 1.807) is 19.0 Å². The zero-order valence-corrected chi connectivity index (χ0v) is 9.82. The molecule has 0 saturated carbocycles. The van der Waals surface area contributed by atoms with Crippen molar-refractivity contribution in [2.24, 2.45) is 4.99 Å². The van der Waals surface area contributed by atoms with Crippen molar-refractivity contribution < 1.29 is 4.79 Å². The first-order chi connectivity index (χ1) is 6.52. The molecule has 0 unspecified atom stereocenters. The molecule has 14 heavy (non-hydrogen) atoms. The summed E-state index contributed by atoms with van der Waals surface area (Å²) in [5.74, 6) is -0.437. The zero-order valence-electron chi connectivity index (χ0n) is 7.49. The highest BCUT2D eigenvalue weighted by molar-refractivity contribution is 7.09. The fourth-order valence-corrected chi connectivity index (χ4v) is 1.72. The van der Waals surface area contributed by atoms with Gasteiger partial charge in [0.1, 0.15) is 9.90 Å². The van der Waals surface area contributed by atoms with Gasteiger partial charge in [0.2, 0.25) is 0 Å². The quantitative estimate of drug-likeness (QED) is 0.598. The Hall–Kier alpha value is -0.650. The lowest BCUT2D eigenvalue weighted by Gasteiger charge is -2.00. The zero-order chi connectivity index (χ0) is 10.7. The molecule has 1 aromatic heterocycles. The van der Waals surface area contributed by atoms with Crippen molar-refractivity contribution in [2.75, 3.05) is 14.1 Å². The van der Waals surface area contributed by atoms with E-state index < -0.39 is 5.91 Å². The molecule has 0 bridgehead atoms. The van der Waals surface area contributed by atoms with E-state index in [-0.39, 0.29) is 15.1 Å². The third-order valence-corrected chi connectivity index (χ3v) is 2.98. The summed E-state index contributed by atoms with van der Waals surface area (Å²) in [6, 6.07) is 0. The van der Waals surface area contributed by atoms with Crippen molar-refractivity contribution in [1.82, 2.24) is 9.27 Å². The highest BCUT2D eigenvalue weighted by atomic mass is 35.5. The topological polar surface area (TPSA) is 45.6 Å². The average Bonchev–Trinajstić information content (AvgIpc) is 2.44. The van der Waals surface area contributed by atoms with E-state index in [9.17, 15) is 4.79 Å². The first-order valence-electron chi connectivity index (χ1n) is 3.58. The molecular weight excluding hydrogens is 245 g/mol. The molecular formula is C7H7Cl2N3OS. The van der Waals surface area contributed by atoms with Crippen LogP contribution in [0.3, 0.4) is 0 Å². The van der Waals surface area contributed by atoms with E-state index in [1.807, 2.05) is 0 Å². The number of hydrogen-bond donors (Lipinski definition) is 0. The molecule has 1 rings (SSSR count). The molecule has 1 heterocycles. The molecule has 0 N–H and O–H groups in total. The van der Waals surface area contributed by atoms with Crippen LogP contribution in [-0.2, 0) is 0 Å². The smallest absolute Gasteiger partial charge is 0.291 e. The molecule has 0 aliphatic heterocycles. The first-order valence-corrected chi connectivity index (χ1v) is 5.11. The summed E-state index contributed by atoms with van der Waals surface area (Å²) in [5, 5.41) is 0.303. The minimum atomic E-state index is -0.437. The lowest BCUT2D eigenvalue weighted by atomic mass is 10.5. The first kappa shape index (κ1) is 11.4. The average molecular weight is 252 g/mol. The number of aliphatic imine (C=N–C) groups is 1. The number of amides is 1. The summed E-state index contributed by atoms with van der Waals surface area (Å²) >= 11 is 12.3. The van der Waals surface area contributed by atoms with E-state index in [2.05, 4.69) is 9.37 Å². The normalized spacial score (nSPS) is 10.9. The molecule has 76 valence electrons. The Balaban J connectivity index is 2.85. The number of carbonyl (C=O) groups excluding carboxylic acids is 1. The summed E-state index contributed by atoms with van der Waals surface area (Å²) in [4.78, 5) is 16.9. The van der Waals surface area contributed by atoms with Crippen LogP contribution in [0.5, 0.6) is 0 Å². The second-order valence-corrected chi connectivity index (χ2v) is 4.14.